The van der Waals surface area contributed by atoms with Crippen LogP contribution in [0.3, 0.4) is 0 Å². The molecule has 1 nitrogen and oxygen atoms in total. The van der Waals surface area contributed by atoms with Gasteiger partial charge in [0.15, 0.2) is 0 Å². The van der Waals surface area contributed by atoms with Crippen LogP contribution in [-0.2, 0) is 16.6 Å². The third kappa shape index (κ3) is 3.37. The Morgan fingerprint density at radius 2 is 1.67 bits per heavy atom. The first kappa shape index (κ1) is 14.8. The molecule has 21 heavy (non-hydrogen) atoms. The van der Waals surface area contributed by atoms with Crippen molar-refractivity contribution in [2.24, 2.45) is 0 Å². The number of benzene rings is 3. The van der Waals surface area contributed by atoms with E-state index >= 15 is 0 Å². The molecule has 0 saturated heterocycles. The number of hydrogen-bond donors (Lipinski definition) is 0. The average molecular weight is 380 g/mol. The summed E-state index contributed by atoms with van der Waals surface area (Å²) in [6.07, 6.45) is 0. The van der Waals surface area contributed by atoms with Gasteiger partial charge in [-0.05, 0) is 46.7 Å². The van der Waals surface area contributed by atoms with Crippen LogP contribution in [0.25, 0.3) is 10.8 Å². The Morgan fingerprint density at radius 1 is 0.952 bits per heavy atom. The largest absolute Gasteiger partial charge is 0.254 e. The van der Waals surface area contributed by atoms with Crippen molar-refractivity contribution in [3.05, 3.63) is 75.7 Å². The quantitative estimate of drug-likeness (QED) is 0.582. The number of hydrogen-bond acceptors (Lipinski definition) is 1. The molecule has 1 atom stereocenters. The fourth-order valence-corrected chi connectivity index (χ4v) is 4.02. The highest BCUT2D eigenvalue weighted by molar-refractivity contribution is 9.10. The molecule has 0 N–H and O–H groups in total. The maximum atomic E-state index is 12.5. The molecule has 0 heterocycles. The number of halogens is 2. The van der Waals surface area contributed by atoms with Gasteiger partial charge < -0.3 is 0 Å². The van der Waals surface area contributed by atoms with Gasteiger partial charge in [-0.15, -0.1) is 0 Å². The van der Waals surface area contributed by atoms with Gasteiger partial charge in [0, 0.05) is 14.4 Å². The summed E-state index contributed by atoms with van der Waals surface area (Å²) in [6.45, 7) is 0. The maximum absolute atomic E-state index is 12.5. The van der Waals surface area contributed by atoms with E-state index in [2.05, 4.69) is 22.0 Å². The van der Waals surface area contributed by atoms with Crippen LogP contribution in [0.5, 0.6) is 0 Å². The Balaban J connectivity index is 1.91. The van der Waals surface area contributed by atoms with E-state index in [1.807, 2.05) is 54.6 Å². The van der Waals surface area contributed by atoms with E-state index in [9.17, 15) is 4.21 Å². The van der Waals surface area contributed by atoms with Gasteiger partial charge in [0.25, 0.3) is 0 Å². The fraction of sp³-hybridized carbons (Fsp3) is 0.0588. The minimum Gasteiger partial charge on any atom is -0.254 e. The van der Waals surface area contributed by atoms with Gasteiger partial charge in [0.05, 0.1) is 16.6 Å². The SMILES string of the molecule is O=S(Cc1ccccc1Cl)c1ccc2cc(Br)ccc2c1. The molecule has 1 unspecified atom stereocenters. The van der Waals surface area contributed by atoms with Crippen LogP contribution in [0.4, 0.5) is 0 Å². The first-order valence-corrected chi connectivity index (χ1v) is 8.93. The summed E-state index contributed by atoms with van der Waals surface area (Å²) in [5, 5.41) is 2.88. The van der Waals surface area contributed by atoms with Crippen molar-refractivity contribution < 1.29 is 4.21 Å². The molecule has 3 aromatic carbocycles. The first-order chi connectivity index (χ1) is 10.1. The monoisotopic (exact) mass is 378 g/mol. The lowest BCUT2D eigenvalue weighted by Gasteiger charge is -2.06. The van der Waals surface area contributed by atoms with Crippen molar-refractivity contribution in [3.8, 4) is 0 Å². The third-order valence-corrected chi connectivity index (χ3v) is 5.50. The third-order valence-electron chi connectivity index (χ3n) is 3.28. The van der Waals surface area contributed by atoms with Crippen molar-refractivity contribution >= 4 is 49.1 Å². The predicted octanol–water partition coefficient (Wildman–Crippen LogP) is 5.56. The van der Waals surface area contributed by atoms with Gasteiger partial charge in [0.2, 0.25) is 0 Å². The Bertz CT molecular complexity index is 832. The van der Waals surface area contributed by atoms with Crippen LogP contribution in [0.2, 0.25) is 5.02 Å². The van der Waals surface area contributed by atoms with E-state index in [0.29, 0.717) is 10.8 Å². The molecule has 4 heteroatoms. The highest BCUT2D eigenvalue weighted by Crippen LogP contribution is 2.24. The summed E-state index contributed by atoms with van der Waals surface area (Å²) in [6, 6.07) is 19.5. The summed E-state index contributed by atoms with van der Waals surface area (Å²) >= 11 is 9.59. The number of rotatable bonds is 3. The van der Waals surface area contributed by atoms with Crippen molar-refractivity contribution in [3.63, 3.8) is 0 Å². The highest BCUT2D eigenvalue weighted by Gasteiger charge is 2.08. The fourth-order valence-electron chi connectivity index (χ4n) is 2.18. The van der Waals surface area contributed by atoms with Crippen LogP contribution < -0.4 is 0 Å². The molecule has 0 amide bonds. The Hall–Kier alpha value is -1.16. The summed E-state index contributed by atoms with van der Waals surface area (Å²) in [5.74, 6) is 0.432. The van der Waals surface area contributed by atoms with Gasteiger partial charge in [0.1, 0.15) is 0 Å². The van der Waals surface area contributed by atoms with Gasteiger partial charge in [-0.2, -0.15) is 0 Å². The van der Waals surface area contributed by atoms with E-state index in [4.69, 9.17) is 11.6 Å². The summed E-state index contributed by atoms with van der Waals surface area (Å²) in [4.78, 5) is 0.824. The van der Waals surface area contributed by atoms with Crippen molar-refractivity contribution in [2.75, 3.05) is 0 Å². The molecule has 3 aromatic rings. The Kier molecular flexibility index (Phi) is 4.43. The minimum absolute atomic E-state index is 0.432. The Labute approximate surface area is 139 Å². The molecule has 3 rings (SSSR count). The lowest BCUT2D eigenvalue weighted by atomic mass is 10.1. The average Bonchev–Trinajstić information content (AvgIpc) is 2.49. The van der Waals surface area contributed by atoms with Gasteiger partial charge in [-0.25, -0.2) is 0 Å². The van der Waals surface area contributed by atoms with Crippen molar-refractivity contribution in [2.45, 2.75) is 10.6 Å². The zero-order valence-electron chi connectivity index (χ0n) is 11.1. The molecule has 0 radical (unpaired) electrons. The molecule has 0 saturated carbocycles. The maximum Gasteiger partial charge on any atom is 0.0574 e. The molecular weight excluding hydrogens is 368 g/mol. The van der Waals surface area contributed by atoms with Crippen LogP contribution in [0, 0.1) is 0 Å². The molecule has 0 fully saturated rings. The second-order valence-corrected chi connectivity index (χ2v) is 7.51. The second kappa shape index (κ2) is 6.30. The summed E-state index contributed by atoms with van der Waals surface area (Å²) in [7, 11) is -1.10. The highest BCUT2D eigenvalue weighted by atomic mass is 79.9. The normalized spacial score (nSPS) is 12.5. The zero-order valence-corrected chi connectivity index (χ0v) is 14.2. The number of fused-ring (bicyclic) bond motifs is 1. The zero-order chi connectivity index (χ0) is 14.8. The van der Waals surface area contributed by atoms with E-state index < -0.39 is 10.8 Å². The molecule has 0 aliphatic carbocycles. The molecule has 0 bridgehead atoms. The van der Waals surface area contributed by atoms with Crippen molar-refractivity contribution in [1.82, 2.24) is 0 Å². The molecule has 0 spiro atoms. The van der Waals surface area contributed by atoms with Gasteiger partial charge in [-0.1, -0.05) is 57.9 Å². The molecule has 0 aliphatic heterocycles. The molecular formula is C17H12BrClOS. The topological polar surface area (TPSA) is 17.1 Å². The van der Waals surface area contributed by atoms with Crippen LogP contribution in [0.1, 0.15) is 5.56 Å². The van der Waals surface area contributed by atoms with E-state index in [0.717, 1.165) is 25.7 Å². The van der Waals surface area contributed by atoms with Gasteiger partial charge in [-0.3, -0.25) is 4.21 Å². The minimum atomic E-state index is -1.10. The first-order valence-electron chi connectivity index (χ1n) is 6.44. The van der Waals surface area contributed by atoms with Crippen LogP contribution in [-0.4, -0.2) is 4.21 Å². The summed E-state index contributed by atoms with van der Waals surface area (Å²) in [5.41, 5.74) is 0.911. The lowest BCUT2D eigenvalue weighted by molar-refractivity contribution is 0.682. The van der Waals surface area contributed by atoms with E-state index in [-0.39, 0.29) is 0 Å². The predicted molar refractivity (Wildman–Crippen MR) is 93.2 cm³/mol. The second-order valence-electron chi connectivity index (χ2n) is 4.73. The molecule has 106 valence electrons. The van der Waals surface area contributed by atoms with E-state index in [1.165, 1.54) is 0 Å². The van der Waals surface area contributed by atoms with Crippen molar-refractivity contribution in [1.29, 1.82) is 0 Å². The smallest absolute Gasteiger partial charge is 0.0574 e. The van der Waals surface area contributed by atoms with Crippen LogP contribution in [0.15, 0.2) is 70.0 Å². The van der Waals surface area contributed by atoms with Gasteiger partial charge >= 0.3 is 0 Å². The van der Waals surface area contributed by atoms with E-state index in [1.54, 1.807) is 0 Å². The lowest BCUT2D eigenvalue weighted by Crippen LogP contribution is -1.97. The Morgan fingerprint density at radius 3 is 2.48 bits per heavy atom. The van der Waals surface area contributed by atoms with Crippen LogP contribution >= 0.6 is 27.5 Å². The summed E-state index contributed by atoms with van der Waals surface area (Å²) < 4.78 is 13.6. The standard InChI is InChI=1S/C17H12BrClOS/c18-15-7-5-13-10-16(8-6-12(13)9-15)21(20)11-14-3-1-2-4-17(14)19/h1-10H,11H2. The molecule has 0 aliphatic rings. The molecule has 0 aromatic heterocycles.